The van der Waals surface area contributed by atoms with Crippen LogP contribution in [0.3, 0.4) is 0 Å². The molecule has 0 spiro atoms. The van der Waals surface area contributed by atoms with Crippen LogP contribution >= 0.6 is 0 Å². The van der Waals surface area contributed by atoms with Crippen molar-refractivity contribution in [3.05, 3.63) is 39.9 Å². The number of hydrogen-bond acceptors (Lipinski definition) is 14. The van der Waals surface area contributed by atoms with E-state index in [2.05, 4.69) is 0 Å². The Hall–Kier alpha value is -3.66. The number of nitro benzene ring substituents is 1. The topological polar surface area (TPSA) is 161 Å². The van der Waals surface area contributed by atoms with Crippen molar-refractivity contribution in [1.82, 2.24) is 19.6 Å². The number of rotatable bonds is 8. The number of ether oxygens (including phenoxy) is 4. The summed E-state index contributed by atoms with van der Waals surface area (Å²) >= 11 is 0. The van der Waals surface area contributed by atoms with E-state index in [0.29, 0.717) is 71.6 Å². The summed E-state index contributed by atoms with van der Waals surface area (Å²) in [5, 5.41) is 11.2. The fourth-order valence-corrected chi connectivity index (χ4v) is 6.95. The van der Waals surface area contributed by atoms with Gasteiger partial charge in [0.15, 0.2) is 0 Å². The van der Waals surface area contributed by atoms with Gasteiger partial charge in [0, 0.05) is 70.9 Å². The molecule has 304 valence electrons. The quantitative estimate of drug-likeness (QED) is 0.163. The highest BCUT2D eigenvalue weighted by Gasteiger charge is 2.37. The number of non-ortho nitro benzene ring substituents is 1. The molecule has 2 saturated heterocycles. The van der Waals surface area contributed by atoms with Gasteiger partial charge >= 0.3 is 23.9 Å². The highest BCUT2D eigenvalue weighted by atomic mass is 16.6. The molecule has 0 saturated carbocycles. The van der Waals surface area contributed by atoms with Crippen molar-refractivity contribution in [3.63, 3.8) is 0 Å². The van der Waals surface area contributed by atoms with E-state index in [1.165, 1.54) is 12.1 Å². The maximum Gasteiger partial charge on any atom is 0.323 e. The summed E-state index contributed by atoms with van der Waals surface area (Å²) in [5.74, 6) is -1.59. The Labute approximate surface area is 320 Å². The number of nitrogens with zero attached hydrogens (tertiary/aromatic N) is 5. The van der Waals surface area contributed by atoms with Crippen molar-refractivity contribution in [2.24, 2.45) is 0 Å². The van der Waals surface area contributed by atoms with E-state index in [9.17, 15) is 29.3 Å². The van der Waals surface area contributed by atoms with Crippen LogP contribution in [0.1, 0.15) is 87.6 Å². The van der Waals surface area contributed by atoms with E-state index < -0.39 is 51.3 Å². The molecule has 2 bridgehead atoms. The summed E-state index contributed by atoms with van der Waals surface area (Å²) in [4.78, 5) is 72.6. The van der Waals surface area contributed by atoms with Crippen molar-refractivity contribution >= 4 is 29.6 Å². The predicted octanol–water partition coefficient (Wildman–Crippen LogP) is 3.85. The van der Waals surface area contributed by atoms with Gasteiger partial charge in [-0.2, -0.15) is 0 Å². The fourth-order valence-electron chi connectivity index (χ4n) is 6.95. The average molecular weight is 762 g/mol. The Morgan fingerprint density at radius 3 is 1.74 bits per heavy atom. The zero-order valence-corrected chi connectivity index (χ0v) is 34.1. The third kappa shape index (κ3) is 16.4. The lowest BCUT2D eigenvalue weighted by Crippen LogP contribution is -2.53. The molecule has 3 rings (SSSR count). The maximum atomic E-state index is 14.0. The Balaban J connectivity index is 2.00. The lowest BCUT2D eigenvalue weighted by atomic mass is 9.92. The van der Waals surface area contributed by atoms with Crippen LogP contribution in [0.2, 0.25) is 0 Å². The van der Waals surface area contributed by atoms with E-state index >= 15 is 0 Å². The molecule has 0 radical (unpaired) electrons. The Morgan fingerprint density at radius 2 is 1.24 bits per heavy atom. The van der Waals surface area contributed by atoms with Crippen LogP contribution in [0.25, 0.3) is 0 Å². The smallest absolute Gasteiger partial charge is 0.323 e. The van der Waals surface area contributed by atoms with Gasteiger partial charge in [0.05, 0.1) is 24.6 Å². The van der Waals surface area contributed by atoms with Crippen LogP contribution in [0.5, 0.6) is 0 Å². The third-order valence-corrected chi connectivity index (χ3v) is 8.95. The monoisotopic (exact) mass is 761 g/mol. The first-order valence-electron chi connectivity index (χ1n) is 18.9. The molecule has 0 aromatic heterocycles. The fraction of sp³-hybridized carbons (Fsp3) is 0.744. The van der Waals surface area contributed by atoms with Gasteiger partial charge in [0.1, 0.15) is 28.4 Å². The van der Waals surface area contributed by atoms with Crippen LogP contribution in [0.4, 0.5) is 5.69 Å². The summed E-state index contributed by atoms with van der Waals surface area (Å²) in [6, 6.07) is 5.58. The molecule has 1 aromatic rings. The van der Waals surface area contributed by atoms with E-state index in [1.807, 2.05) is 61.1 Å². The number of fused-ring (bicyclic) bond motifs is 3. The van der Waals surface area contributed by atoms with Gasteiger partial charge in [-0.3, -0.25) is 48.9 Å². The summed E-state index contributed by atoms with van der Waals surface area (Å²) in [5.41, 5.74) is -2.42. The minimum absolute atomic E-state index is 0.00335. The predicted molar refractivity (Wildman–Crippen MR) is 203 cm³/mol. The highest BCUT2D eigenvalue weighted by Crippen LogP contribution is 2.27. The average Bonchev–Trinajstić information content (AvgIpc) is 2.99. The highest BCUT2D eigenvalue weighted by molar-refractivity contribution is 5.76. The molecule has 0 N–H and O–H groups in total. The summed E-state index contributed by atoms with van der Waals surface area (Å²) < 4.78 is 23.5. The molecule has 1 aromatic carbocycles. The second kappa shape index (κ2) is 18.8. The number of carbonyl (C=O) groups excluding carboxylic acids is 4. The SMILES string of the molecule is CC(C)(C)OC(=O)CN1CCN2CCN(CCN(C(CCc3ccc([N+](=O)[O-])cc3)C(=O)OC(C)(C)C)CC1)CC(=O)OC(C)(C)CC(C)(C)OC(=O)C2. The lowest BCUT2D eigenvalue weighted by molar-refractivity contribution is -0.384. The number of hydrogen-bond donors (Lipinski definition) is 0. The van der Waals surface area contributed by atoms with Crippen LogP contribution in [-0.4, -0.2) is 149 Å². The van der Waals surface area contributed by atoms with Crippen LogP contribution in [0.15, 0.2) is 24.3 Å². The van der Waals surface area contributed by atoms with Crippen LogP contribution < -0.4 is 0 Å². The van der Waals surface area contributed by atoms with Crippen molar-refractivity contribution in [2.75, 3.05) is 72.0 Å². The Morgan fingerprint density at radius 1 is 0.778 bits per heavy atom. The molecule has 15 heteroatoms. The Bertz CT molecular complexity index is 1450. The molecule has 2 fully saturated rings. The second-order valence-electron chi connectivity index (χ2n) is 17.6. The van der Waals surface area contributed by atoms with Gasteiger partial charge in [0.2, 0.25) is 0 Å². The number of aryl methyl sites for hydroxylation is 1. The zero-order chi connectivity index (χ0) is 40.5. The molecular formula is C39H63N5O10. The van der Waals surface area contributed by atoms with E-state index in [1.54, 1.807) is 39.8 Å². The van der Waals surface area contributed by atoms with Gasteiger partial charge < -0.3 is 18.9 Å². The summed E-state index contributed by atoms with van der Waals surface area (Å²) in [6.07, 6.45) is 1.11. The van der Waals surface area contributed by atoms with Gasteiger partial charge in [-0.1, -0.05) is 12.1 Å². The van der Waals surface area contributed by atoms with E-state index in [0.717, 1.165) is 5.56 Å². The van der Waals surface area contributed by atoms with E-state index in [-0.39, 0.29) is 31.3 Å². The molecule has 2 aliphatic heterocycles. The van der Waals surface area contributed by atoms with Gasteiger partial charge in [-0.05, 0) is 87.6 Å². The Kier molecular flexibility index (Phi) is 15.6. The molecule has 0 amide bonds. The summed E-state index contributed by atoms with van der Waals surface area (Å²) in [6.45, 7) is 21.3. The number of benzene rings is 1. The number of nitro groups is 1. The normalized spacial score (nSPS) is 23.1. The maximum absolute atomic E-state index is 14.0. The van der Waals surface area contributed by atoms with Crippen molar-refractivity contribution in [3.8, 4) is 0 Å². The first-order valence-corrected chi connectivity index (χ1v) is 18.9. The molecule has 3 unspecified atom stereocenters. The minimum Gasteiger partial charge on any atom is -0.459 e. The second-order valence-corrected chi connectivity index (χ2v) is 17.6. The third-order valence-electron chi connectivity index (χ3n) is 8.95. The summed E-state index contributed by atoms with van der Waals surface area (Å²) in [7, 11) is 0. The number of carbonyl (C=O) groups is 4. The minimum atomic E-state index is -0.906. The molecule has 0 aliphatic carbocycles. The van der Waals surface area contributed by atoms with Crippen molar-refractivity contribution in [1.29, 1.82) is 0 Å². The first-order chi connectivity index (χ1) is 24.9. The molecule has 54 heavy (non-hydrogen) atoms. The lowest BCUT2D eigenvalue weighted by Gasteiger charge is -2.37. The van der Waals surface area contributed by atoms with Crippen molar-refractivity contribution < 1.29 is 43.0 Å². The standard InChI is InChI=1S/C39H63N5O10/c1-36(2,3)51-32(45)25-41-19-17-40-18-20-42(27-34(47)53-39(9,10)28-38(7,8)52-33(46)26-40)22-24-43(23-21-41)31(35(48)54-37(4,5)6)16-13-29-11-14-30(15-12-29)44(49)50/h11-12,14-15,31H,13,16-28H2,1-10H3. The van der Waals surface area contributed by atoms with Crippen molar-refractivity contribution in [2.45, 2.75) is 117 Å². The van der Waals surface area contributed by atoms with Crippen LogP contribution in [0, 0.1) is 10.1 Å². The van der Waals surface area contributed by atoms with Gasteiger partial charge in [-0.25, -0.2) is 0 Å². The van der Waals surface area contributed by atoms with E-state index in [4.69, 9.17) is 18.9 Å². The first kappa shape index (κ1) is 44.7. The number of esters is 4. The molecule has 2 heterocycles. The largest absolute Gasteiger partial charge is 0.459 e. The molecule has 15 nitrogen and oxygen atoms in total. The van der Waals surface area contributed by atoms with Crippen LogP contribution in [-0.2, 0) is 44.5 Å². The molecular weight excluding hydrogens is 698 g/mol. The zero-order valence-electron chi connectivity index (χ0n) is 34.1. The van der Waals surface area contributed by atoms with Gasteiger partial charge in [-0.15, -0.1) is 0 Å². The molecule has 3 atom stereocenters. The molecule has 2 aliphatic rings. The van der Waals surface area contributed by atoms with Gasteiger partial charge in [0.25, 0.3) is 5.69 Å². The number of cyclic esters (lactones) is 2.